The molecule has 3 aromatic rings. The van der Waals surface area contributed by atoms with Crippen molar-refractivity contribution in [3.8, 4) is 17.0 Å². The number of hydrogen-bond donors (Lipinski definition) is 1. The SMILES string of the molecule is COc1ccc(-c2csc(NC(=O)c3ccc(Br)o3)n2)cc1F. The van der Waals surface area contributed by atoms with Crippen LogP contribution in [0.25, 0.3) is 11.3 Å². The zero-order chi connectivity index (χ0) is 16.4. The Balaban J connectivity index is 1.78. The number of hydrogen-bond acceptors (Lipinski definition) is 5. The van der Waals surface area contributed by atoms with Crippen LogP contribution >= 0.6 is 27.3 Å². The number of anilines is 1. The Kier molecular flexibility index (Phi) is 4.44. The van der Waals surface area contributed by atoms with Crippen LogP contribution in [0.5, 0.6) is 5.75 Å². The predicted octanol–water partition coefficient (Wildman–Crippen LogP) is 4.57. The molecule has 118 valence electrons. The van der Waals surface area contributed by atoms with E-state index in [0.29, 0.717) is 21.1 Å². The quantitative estimate of drug-likeness (QED) is 0.701. The number of nitrogens with one attached hydrogen (secondary N) is 1. The molecule has 0 unspecified atom stereocenters. The van der Waals surface area contributed by atoms with Crippen molar-refractivity contribution in [2.45, 2.75) is 0 Å². The van der Waals surface area contributed by atoms with Gasteiger partial charge in [0.1, 0.15) is 0 Å². The lowest BCUT2D eigenvalue weighted by atomic mass is 10.1. The van der Waals surface area contributed by atoms with E-state index in [-0.39, 0.29) is 11.5 Å². The Bertz CT molecular complexity index is 862. The van der Waals surface area contributed by atoms with Gasteiger partial charge >= 0.3 is 0 Å². The van der Waals surface area contributed by atoms with Crippen LogP contribution in [0.2, 0.25) is 0 Å². The second kappa shape index (κ2) is 6.51. The summed E-state index contributed by atoms with van der Waals surface area (Å²) in [7, 11) is 1.40. The number of thiazole rings is 1. The third-order valence-corrected chi connectivity index (χ3v) is 4.15. The largest absolute Gasteiger partial charge is 0.494 e. The topological polar surface area (TPSA) is 64.4 Å². The Labute approximate surface area is 143 Å². The van der Waals surface area contributed by atoms with Gasteiger partial charge in [0.2, 0.25) is 0 Å². The van der Waals surface area contributed by atoms with Crippen molar-refractivity contribution in [2.75, 3.05) is 12.4 Å². The number of carbonyl (C=O) groups is 1. The molecule has 2 aromatic heterocycles. The first-order chi connectivity index (χ1) is 11.1. The minimum atomic E-state index is -0.468. The molecule has 3 rings (SSSR count). The van der Waals surface area contributed by atoms with Crippen molar-refractivity contribution < 1.29 is 18.3 Å². The number of carbonyl (C=O) groups excluding carboxylic acids is 1. The Morgan fingerprint density at radius 2 is 2.22 bits per heavy atom. The number of amides is 1. The summed E-state index contributed by atoms with van der Waals surface area (Å²) in [6.07, 6.45) is 0. The number of ether oxygens (including phenoxy) is 1. The molecule has 2 heterocycles. The minimum Gasteiger partial charge on any atom is -0.494 e. The molecule has 0 aliphatic rings. The molecule has 0 radical (unpaired) electrons. The maximum atomic E-state index is 13.7. The number of furan rings is 1. The summed E-state index contributed by atoms with van der Waals surface area (Å²) in [5.74, 6) is -0.536. The molecule has 1 amide bonds. The Hall–Kier alpha value is -2.19. The monoisotopic (exact) mass is 396 g/mol. The van der Waals surface area contributed by atoms with Crippen molar-refractivity contribution in [2.24, 2.45) is 0 Å². The third kappa shape index (κ3) is 3.43. The van der Waals surface area contributed by atoms with Gasteiger partial charge in [-0.3, -0.25) is 10.1 Å². The van der Waals surface area contributed by atoms with Crippen LogP contribution in [0.1, 0.15) is 10.6 Å². The van der Waals surface area contributed by atoms with Gasteiger partial charge in [0.25, 0.3) is 5.91 Å². The summed E-state index contributed by atoms with van der Waals surface area (Å²) in [5, 5.41) is 4.76. The molecule has 1 N–H and O–H groups in total. The van der Waals surface area contributed by atoms with Crippen molar-refractivity contribution in [1.29, 1.82) is 0 Å². The van der Waals surface area contributed by atoms with Crippen molar-refractivity contribution in [3.05, 3.63) is 52.0 Å². The summed E-state index contributed by atoms with van der Waals surface area (Å²) in [5.41, 5.74) is 1.16. The van der Waals surface area contributed by atoms with E-state index < -0.39 is 11.7 Å². The van der Waals surface area contributed by atoms with Crippen LogP contribution in [0.15, 0.2) is 44.8 Å². The zero-order valence-corrected chi connectivity index (χ0v) is 14.2. The molecular formula is C15H10BrFN2O3S. The maximum absolute atomic E-state index is 13.7. The standard InChI is InChI=1S/C15H10BrFN2O3S/c1-21-11-3-2-8(6-9(11)17)10-7-23-15(18-10)19-14(20)12-4-5-13(16)22-12/h2-7H,1H3,(H,18,19,20). The summed E-state index contributed by atoms with van der Waals surface area (Å²) < 4.78 is 24.3. The zero-order valence-electron chi connectivity index (χ0n) is 11.8. The first kappa shape index (κ1) is 15.7. The van der Waals surface area contributed by atoms with Crippen LogP contribution in [0, 0.1) is 5.82 Å². The average molecular weight is 397 g/mol. The molecule has 0 saturated heterocycles. The van der Waals surface area contributed by atoms with Crippen LogP contribution in [-0.2, 0) is 0 Å². The lowest BCUT2D eigenvalue weighted by Crippen LogP contribution is -2.10. The fourth-order valence-electron chi connectivity index (χ4n) is 1.88. The normalized spacial score (nSPS) is 10.6. The highest BCUT2D eigenvalue weighted by molar-refractivity contribution is 9.10. The van der Waals surface area contributed by atoms with Gasteiger partial charge in [-0.1, -0.05) is 0 Å². The lowest BCUT2D eigenvalue weighted by Gasteiger charge is -2.03. The van der Waals surface area contributed by atoms with Crippen molar-refractivity contribution >= 4 is 38.3 Å². The number of benzene rings is 1. The molecule has 23 heavy (non-hydrogen) atoms. The van der Waals surface area contributed by atoms with Crippen LogP contribution in [0.4, 0.5) is 9.52 Å². The van der Waals surface area contributed by atoms with Crippen LogP contribution < -0.4 is 10.1 Å². The Morgan fingerprint density at radius 3 is 2.87 bits per heavy atom. The van der Waals surface area contributed by atoms with Crippen LogP contribution in [0.3, 0.4) is 0 Å². The molecule has 0 atom stereocenters. The van der Waals surface area contributed by atoms with Gasteiger partial charge in [-0.2, -0.15) is 0 Å². The van der Waals surface area contributed by atoms with E-state index in [4.69, 9.17) is 9.15 Å². The molecule has 0 fully saturated rings. The molecule has 0 saturated carbocycles. The maximum Gasteiger partial charge on any atom is 0.293 e. The van der Waals surface area contributed by atoms with Crippen molar-refractivity contribution in [3.63, 3.8) is 0 Å². The van der Waals surface area contributed by atoms with Gasteiger partial charge in [0.05, 0.1) is 12.8 Å². The summed E-state index contributed by atoms with van der Waals surface area (Å²) in [4.78, 5) is 16.3. The molecule has 8 heteroatoms. The number of methoxy groups -OCH3 is 1. The summed E-state index contributed by atoms with van der Waals surface area (Å²) >= 11 is 4.37. The molecule has 0 bridgehead atoms. The molecule has 0 aliphatic carbocycles. The Morgan fingerprint density at radius 1 is 1.39 bits per heavy atom. The van der Waals surface area contributed by atoms with Gasteiger partial charge in [-0.15, -0.1) is 11.3 Å². The number of halogens is 2. The highest BCUT2D eigenvalue weighted by Gasteiger charge is 2.14. The van der Waals surface area contributed by atoms with E-state index >= 15 is 0 Å². The number of rotatable bonds is 4. The smallest absolute Gasteiger partial charge is 0.293 e. The second-order valence-corrected chi connectivity index (χ2v) is 6.08. The molecule has 0 aliphatic heterocycles. The van der Waals surface area contributed by atoms with Gasteiger partial charge in [0, 0.05) is 10.9 Å². The predicted molar refractivity (Wildman–Crippen MR) is 88.4 cm³/mol. The van der Waals surface area contributed by atoms with Gasteiger partial charge in [-0.25, -0.2) is 9.37 Å². The highest BCUT2D eigenvalue weighted by Crippen LogP contribution is 2.28. The van der Waals surface area contributed by atoms with E-state index in [9.17, 15) is 9.18 Å². The first-order valence-electron chi connectivity index (χ1n) is 6.43. The number of nitrogens with zero attached hydrogens (tertiary/aromatic N) is 1. The van der Waals surface area contributed by atoms with E-state index in [0.717, 1.165) is 0 Å². The molecule has 5 nitrogen and oxygen atoms in total. The van der Waals surface area contributed by atoms with E-state index in [1.165, 1.54) is 30.6 Å². The van der Waals surface area contributed by atoms with Crippen molar-refractivity contribution in [1.82, 2.24) is 4.98 Å². The fraction of sp³-hybridized carbons (Fsp3) is 0.0667. The lowest BCUT2D eigenvalue weighted by molar-refractivity contribution is 0.0995. The second-order valence-electron chi connectivity index (χ2n) is 4.45. The molecule has 1 aromatic carbocycles. The minimum absolute atomic E-state index is 0.168. The first-order valence-corrected chi connectivity index (χ1v) is 8.10. The molecule has 0 spiro atoms. The van der Waals surface area contributed by atoms with Gasteiger partial charge in [-0.05, 0) is 46.3 Å². The van der Waals surface area contributed by atoms with E-state index in [1.807, 2.05) is 0 Å². The van der Waals surface area contributed by atoms with E-state index in [1.54, 1.807) is 23.6 Å². The molecular weight excluding hydrogens is 387 g/mol. The average Bonchev–Trinajstić information content (AvgIpc) is 3.16. The van der Waals surface area contributed by atoms with Gasteiger partial charge < -0.3 is 9.15 Å². The number of aromatic nitrogens is 1. The highest BCUT2D eigenvalue weighted by atomic mass is 79.9. The van der Waals surface area contributed by atoms with Gasteiger partial charge in [0.15, 0.2) is 27.1 Å². The third-order valence-electron chi connectivity index (χ3n) is 2.97. The summed E-state index contributed by atoms with van der Waals surface area (Å²) in [6, 6.07) is 7.74. The summed E-state index contributed by atoms with van der Waals surface area (Å²) in [6.45, 7) is 0. The fourth-order valence-corrected chi connectivity index (χ4v) is 2.91. The van der Waals surface area contributed by atoms with Crippen LogP contribution in [-0.4, -0.2) is 18.0 Å². The van der Waals surface area contributed by atoms with E-state index in [2.05, 4.69) is 26.2 Å².